The van der Waals surface area contributed by atoms with Crippen LogP contribution in [0.15, 0.2) is 36.4 Å². The van der Waals surface area contributed by atoms with Crippen LogP contribution in [0.4, 0.5) is 35.9 Å². The molecule has 0 radical (unpaired) electrons. The van der Waals surface area contributed by atoms with Gasteiger partial charge in [-0.2, -0.15) is 13.2 Å². The summed E-state index contributed by atoms with van der Waals surface area (Å²) in [5.41, 5.74) is 9.91. The lowest BCUT2D eigenvalue weighted by Gasteiger charge is -2.34. The monoisotopic (exact) mass is 448 g/mol. The molecule has 1 fully saturated rings. The first kappa shape index (κ1) is 22.3. The number of hydrogen-bond acceptors (Lipinski definition) is 5. The minimum Gasteiger partial charge on any atom is -0.477 e. The second kappa shape index (κ2) is 8.54. The molecule has 0 saturated carbocycles. The third-order valence-corrected chi connectivity index (χ3v) is 6.22. The Bertz CT molecular complexity index is 1000. The van der Waals surface area contributed by atoms with Crippen molar-refractivity contribution >= 4 is 28.7 Å². The zero-order valence-electron chi connectivity index (χ0n) is 18.1. The molecule has 0 spiro atoms. The van der Waals surface area contributed by atoms with Gasteiger partial charge in [0.25, 0.3) is 5.91 Å². The molecule has 0 bridgehead atoms. The van der Waals surface area contributed by atoms with Gasteiger partial charge in [-0.25, -0.2) is 0 Å². The molecule has 172 valence electrons. The Balaban J connectivity index is 1.47. The summed E-state index contributed by atoms with van der Waals surface area (Å²) >= 11 is 0. The first-order valence-corrected chi connectivity index (χ1v) is 10.6. The molecule has 32 heavy (non-hydrogen) atoms. The molecule has 0 aliphatic carbocycles. The number of halogens is 3. The average Bonchev–Trinajstić information content (AvgIpc) is 2.77. The van der Waals surface area contributed by atoms with Crippen molar-refractivity contribution in [2.45, 2.75) is 32.0 Å². The Morgan fingerprint density at radius 2 is 1.88 bits per heavy atom. The van der Waals surface area contributed by atoms with Gasteiger partial charge in [0.05, 0.1) is 11.6 Å². The van der Waals surface area contributed by atoms with E-state index in [1.807, 2.05) is 48.2 Å². The molecule has 0 aromatic heterocycles. The first-order valence-electron chi connectivity index (χ1n) is 10.6. The predicted octanol–water partition coefficient (Wildman–Crippen LogP) is 4.20. The highest BCUT2D eigenvalue weighted by molar-refractivity contribution is 6.00. The number of nitrogens with one attached hydrogen (secondary N) is 1. The number of likely N-dealkylation sites (N-methyl/N-ethyl adjacent to an activating group) is 1. The van der Waals surface area contributed by atoms with E-state index in [-0.39, 0.29) is 25.3 Å². The lowest BCUT2D eigenvalue weighted by atomic mass is 9.96. The van der Waals surface area contributed by atoms with Crippen molar-refractivity contribution in [1.29, 1.82) is 0 Å². The van der Waals surface area contributed by atoms with Crippen LogP contribution in [-0.4, -0.2) is 44.9 Å². The topological polar surface area (TPSA) is 70.8 Å². The maximum absolute atomic E-state index is 12.9. The number of nitrogens with zero attached hydrogens (tertiary/aromatic N) is 2. The fourth-order valence-corrected chi connectivity index (χ4v) is 4.26. The molecule has 4 rings (SSSR count). The number of fused-ring (bicyclic) bond motifs is 1. The number of aryl methyl sites for hydroxylation is 1. The average molecular weight is 448 g/mol. The number of rotatable bonds is 4. The normalized spacial score (nSPS) is 19.6. The molecular formula is C23H27F3N4O2. The van der Waals surface area contributed by atoms with Gasteiger partial charge < -0.3 is 25.6 Å². The number of carbonyl (C=O) groups is 1. The second-order valence-electron chi connectivity index (χ2n) is 8.35. The summed E-state index contributed by atoms with van der Waals surface area (Å²) in [6.45, 7) is 2.85. The smallest absolute Gasteiger partial charge is 0.391 e. The molecule has 1 atom stereocenters. The standard InChI is InChI=1S/C23H27F3N4O2/c1-14-11-17(30-9-7-15(8-10-30)23(24,25)26)4-5-18(14)28-16-3-6-19-20(12-16)32-21(13-27)22(31)29(19)2/h3-6,11-12,15,21,28H,7-10,13,27H2,1-2H3. The molecule has 2 heterocycles. The second-order valence-corrected chi connectivity index (χ2v) is 8.35. The fraction of sp³-hybridized carbons (Fsp3) is 0.435. The van der Waals surface area contributed by atoms with Crippen molar-refractivity contribution in [2.24, 2.45) is 11.7 Å². The number of alkyl halides is 3. The van der Waals surface area contributed by atoms with E-state index in [0.717, 1.165) is 22.6 Å². The van der Waals surface area contributed by atoms with E-state index in [9.17, 15) is 18.0 Å². The van der Waals surface area contributed by atoms with Crippen LogP contribution in [0.2, 0.25) is 0 Å². The highest BCUT2D eigenvalue weighted by atomic mass is 19.4. The van der Waals surface area contributed by atoms with E-state index < -0.39 is 18.2 Å². The summed E-state index contributed by atoms with van der Waals surface area (Å²) < 4.78 is 44.5. The Hall–Kier alpha value is -2.94. The number of hydrogen-bond donors (Lipinski definition) is 2. The highest BCUT2D eigenvalue weighted by Crippen LogP contribution is 2.38. The number of ether oxygens (including phenoxy) is 1. The van der Waals surface area contributed by atoms with Crippen LogP contribution in [0.25, 0.3) is 0 Å². The number of benzene rings is 2. The maximum atomic E-state index is 12.9. The van der Waals surface area contributed by atoms with E-state index in [1.165, 1.54) is 0 Å². The van der Waals surface area contributed by atoms with Crippen molar-refractivity contribution in [2.75, 3.05) is 41.8 Å². The van der Waals surface area contributed by atoms with Crippen LogP contribution in [0.3, 0.4) is 0 Å². The van der Waals surface area contributed by atoms with Crippen molar-refractivity contribution < 1.29 is 22.7 Å². The summed E-state index contributed by atoms with van der Waals surface area (Å²) in [4.78, 5) is 15.8. The Labute approximate surface area is 185 Å². The molecule has 2 aliphatic rings. The predicted molar refractivity (Wildman–Crippen MR) is 119 cm³/mol. The SMILES string of the molecule is Cc1cc(N2CCC(C(F)(F)F)CC2)ccc1Nc1ccc2c(c1)OC(CN)C(=O)N2C. The van der Waals surface area contributed by atoms with Crippen molar-refractivity contribution in [1.82, 2.24) is 0 Å². The van der Waals surface area contributed by atoms with Gasteiger partial charge in [-0.1, -0.05) is 0 Å². The molecule has 1 unspecified atom stereocenters. The van der Waals surface area contributed by atoms with Gasteiger partial charge in [-0.05, 0) is 55.7 Å². The summed E-state index contributed by atoms with van der Waals surface area (Å²) in [5, 5.41) is 3.36. The number of amides is 1. The third-order valence-electron chi connectivity index (χ3n) is 6.22. The maximum Gasteiger partial charge on any atom is 0.391 e. The van der Waals surface area contributed by atoms with Gasteiger partial charge in [0.15, 0.2) is 6.10 Å². The zero-order valence-corrected chi connectivity index (χ0v) is 18.1. The van der Waals surface area contributed by atoms with Gasteiger partial charge in [0.1, 0.15) is 5.75 Å². The molecule has 1 saturated heterocycles. The summed E-state index contributed by atoms with van der Waals surface area (Å²) in [7, 11) is 1.69. The Kier molecular flexibility index (Phi) is 5.94. The fourth-order valence-electron chi connectivity index (χ4n) is 4.26. The quantitative estimate of drug-likeness (QED) is 0.734. The minimum atomic E-state index is -4.11. The van der Waals surface area contributed by atoms with Crippen LogP contribution < -0.4 is 25.6 Å². The van der Waals surface area contributed by atoms with Crippen LogP contribution in [0, 0.1) is 12.8 Å². The molecule has 2 aromatic rings. The highest BCUT2D eigenvalue weighted by Gasteiger charge is 2.41. The largest absolute Gasteiger partial charge is 0.477 e. The number of nitrogens with two attached hydrogens (primary N) is 1. The van der Waals surface area contributed by atoms with Gasteiger partial charge in [-0.15, -0.1) is 0 Å². The third kappa shape index (κ3) is 4.34. The van der Waals surface area contributed by atoms with E-state index in [1.54, 1.807) is 11.9 Å². The van der Waals surface area contributed by atoms with E-state index >= 15 is 0 Å². The first-order chi connectivity index (χ1) is 15.2. The summed E-state index contributed by atoms with van der Waals surface area (Å²) in [5.74, 6) is -0.805. The molecule has 3 N–H and O–H groups in total. The van der Waals surface area contributed by atoms with Crippen molar-refractivity contribution in [3.63, 3.8) is 0 Å². The minimum absolute atomic E-state index is 0.0983. The van der Waals surface area contributed by atoms with E-state index in [4.69, 9.17) is 10.5 Å². The van der Waals surface area contributed by atoms with Crippen molar-refractivity contribution in [3.05, 3.63) is 42.0 Å². The van der Waals surface area contributed by atoms with Crippen LogP contribution in [-0.2, 0) is 4.79 Å². The summed E-state index contributed by atoms with van der Waals surface area (Å²) in [6.07, 6.45) is -4.57. The van der Waals surface area contributed by atoms with Gasteiger partial charge in [0, 0.05) is 49.8 Å². The zero-order chi connectivity index (χ0) is 23.0. The van der Waals surface area contributed by atoms with Crippen LogP contribution in [0.5, 0.6) is 5.75 Å². The Morgan fingerprint density at radius 1 is 1.16 bits per heavy atom. The van der Waals surface area contributed by atoms with Crippen molar-refractivity contribution in [3.8, 4) is 5.75 Å². The van der Waals surface area contributed by atoms with E-state index in [0.29, 0.717) is 24.5 Å². The molecule has 6 nitrogen and oxygen atoms in total. The molecule has 1 amide bonds. The number of carbonyl (C=O) groups excluding carboxylic acids is 1. The van der Waals surface area contributed by atoms with Gasteiger partial charge >= 0.3 is 6.18 Å². The van der Waals surface area contributed by atoms with E-state index in [2.05, 4.69) is 5.32 Å². The number of anilines is 4. The lowest BCUT2D eigenvalue weighted by molar-refractivity contribution is -0.179. The lowest BCUT2D eigenvalue weighted by Crippen LogP contribution is -2.47. The molecule has 2 aliphatic heterocycles. The van der Waals surface area contributed by atoms with Crippen LogP contribution >= 0.6 is 0 Å². The molecule has 2 aromatic carbocycles. The summed E-state index contributed by atoms with van der Waals surface area (Å²) in [6, 6.07) is 11.4. The van der Waals surface area contributed by atoms with Crippen LogP contribution in [0.1, 0.15) is 18.4 Å². The van der Waals surface area contributed by atoms with Gasteiger partial charge in [0.2, 0.25) is 0 Å². The molecule has 9 heteroatoms. The van der Waals surface area contributed by atoms with Gasteiger partial charge in [-0.3, -0.25) is 4.79 Å². The number of piperidine rings is 1. The Morgan fingerprint density at radius 3 is 2.50 bits per heavy atom. The molecular weight excluding hydrogens is 421 g/mol.